The van der Waals surface area contributed by atoms with Crippen LogP contribution in [0.15, 0.2) is 43.0 Å². The van der Waals surface area contributed by atoms with Gasteiger partial charge in [0, 0.05) is 18.2 Å². The summed E-state index contributed by atoms with van der Waals surface area (Å²) in [5.74, 6) is -1.63. The van der Waals surface area contributed by atoms with E-state index >= 15 is 0 Å². The van der Waals surface area contributed by atoms with Crippen molar-refractivity contribution >= 4 is 11.8 Å². The van der Waals surface area contributed by atoms with Crippen LogP contribution in [-0.2, 0) is 11.8 Å². The van der Waals surface area contributed by atoms with Gasteiger partial charge in [-0.05, 0) is 56.0 Å². The fourth-order valence-corrected chi connectivity index (χ4v) is 7.82. The number of nitrogens with zero attached hydrogens (tertiary/aromatic N) is 2. The number of amides is 2. The van der Waals surface area contributed by atoms with E-state index in [1.165, 1.54) is 18.2 Å². The zero-order valence-corrected chi connectivity index (χ0v) is 19.0. The van der Waals surface area contributed by atoms with Crippen molar-refractivity contribution in [1.82, 2.24) is 9.80 Å². The van der Waals surface area contributed by atoms with Crippen LogP contribution in [-0.4, -0.2) is 68.7 Å². The minimum atomic E-state index is -1.18. The number of fused-ring (bicyclic) bond motifs is 1. The van der Waals surface area contributed by atoms with Crippen molar-refractivity contribution in [2.45, 2.75) is 54.9 Å². The van der Waals surface area contributed by atoms with Crippen LogP contribution in [0.3, 0.4) is 0 Å². The Hall–Kier alpha value is -3.23. The van der Waals surface area contributed by atoms with Gasteiger partial charge in [-0.2, -0.15) is 0 Å². The molecule has 2 aromatic rings. The lowest BCUT2D eigenvalue weighted by atomic mass is 9.48. The smallest absolute Gasteiger partial charge is 0.264 e. The first kappa shape index (κ1) is 21.1. The number of piperidine rings is 1. The molecule has 35 heavy (non-hydrogen) atoms. The van der Waals surface area contributed by atoms with Gasteiger partial charge in [-0.1, -0.05) is 18.2 Å². The molecule has 0 radical (unpaired) electrons. The van der Waals surface area contributed by atoms with Crippen molar-refractivity contribution in [3.63, 3.8) is 0 Å². The Kier molecular flexibility index (Phi) is 4.04. The van der Waals surface area contributed by atoms with Crippen LogP contribution in [0, 0.1) is 5.82 Å². The highest BCUT2D eigenvalue weighted by Crippen LogP contribution is 2.66. The van der Waals surface area contributed by atoms with Crippen molar-refractivity contribution in [3.05, 3.63) is 71.1 Å². The molecule has 2 N–H and O–H groups in total. The molecule has 2 amide bonds. The van der Waals surface area contributed by atoms with Gasteiger partial charge >= 0.3 is 0 Å². The average molecular weight is 477 g/mol. The molecule has 2 aromatic carbocycles. The second-order valence-corrected chi connectivity index (χ2v) is 10.4. The molecule has 2 bridgehead atoms. The molecule has 0 aromatic heterocycles. The third-order valence-electron chi connectivity index (χ3n) is 9.13. The predicted octanol–water partition coefficient (Wildman–Crippen LogP) is 2.54. The number of aliphatic hydroxyl groups is 1. The van der Waals surface area contributed by atoms with Crippen LogP contribution in [0.4, 0.5) is 4.39 Å². The number of ether oxygens (including phenoxy) is 1. The zero-order valence-electron chi connectivity index (χ0n) is 19.0. The number of phenolic OH excluding ortho intramolecular Hbond substituents is 1. The van der Waals surface area contributed by atoms with Crippen LogP contribution in [0.25, 0.3) is 0 Å². The molecule has 5 aliphatic rings. The lowest BCUT2D eigenvalue weighted by Crippen LogP contribution is -2.78. The monoisotopic (exact) mass is 476 g/mol. The molecule has 180 valence electrons. The van der Waals surface area contributed by atoms with Gasteiger partial charge in [-0.3, -0.25) is 19.4 Å². The SMILES string of the molecule is C=CCN1CC[C@]23c4c5ccc(O)c4O[C@H]2[C@H](N2C(=O)c4cccc(F)c4C2=O)CCC3(O)[C@H]1C5. The van der Waals surface area contributed by atoms with Crippen molar-refractivity contribution in [1.29, 1.82) is 0 Å². The van der Waals surface area contributed by atoms with Gasteiger partial charge < -0.3 is 14.9 Å². The largest absolute Gasteiger partial charge is 0.504 e. The summed E-state index contributed by atoms with van der Waals surface area (Å²) in [4.78, 5) is 30.1. The first-order valence-corrected chi connectivity index (χ1v) is 12.1. The fraction of sp³-hybridized carbons (Fsp3) is 0.407. The fourth-order valence-electron chi connectivity index (χ4n) is 7.82. The summed E-state index contributed by atoms with van der Waals surface area (Å²) < 4.78 is 21.0. The molecule has 1 saturated heterocycles. The zero-order chi connectivity index (χ0) is 24.3. The molecule has 3 aliphatic heterocycles. The third kappa shape index (κ3) is 2.28. The summed E-state index contributed by atoms with van der Waals surface area (Å²) in [5.41, 5.74) is -0.434. The highest BCUT2D eigenvalue weighted by atomic mass is 19.1. The van der Waals surface area contributed by atoms with Crippen LogP contribution in [0.2, 0.25) is 0 Å². The maximum absolute atomic E-state index is 14.6. The van der Waals surface area contributed by atoms with E-state index in [4.69, 9.17) is 4.74 Å². The lowest BCUT2D eigenvalue weighted by Gasteiger charge is -2.64. The van der Waals surface area contributed by atoms with Crippen molar-refractivity contribution in [2.75, 3.05) is 13.1 Å². The number of imide groups is 1. The number of rotatable bonds is 3. The molecule has 1 spiro atoms. The number of aromatic hydroxyl groups is 1. The summed E-state index contributed by atoms with van der Waals surface area (Å²) in [6.45, 7) is 5.19. The number of likely N-dealkylation sites (tertiary alicyclic amines) is 1. The second-order valence-electron chi connectivity index (χ2n) is 10.4. The molecule has 7 nitrogen and oxygen atoms in total. The highest BCUT2D eigenvalue weighted by molar-refractivity contribution is 6.21. The van der Waals surface area contributed by atoms with Gasteiger partial charge in [-0.25, -0.2) is 4.39 Å². The molecule has 1 saturated carbocycles. The van der Waals surface area contributed by atoms with Crippen LogP contribution < -0.4 is 4.74 Å². The Morgan fingerprint density at radius 3 is 2.80 bits per heavy atom. The Labute approximate surface area is 201 Å². The molecule has 8 heteroatoms. The van der Waals surface area contributed by atoms with E-state index in [1.807, 2.05) is 12.1 Å². The van der Waals surface area contributed by atoms with Crippen molar-refractivity contribution in [2.24, 2.45) is 0 Å². The van der Waals surface area contributed by atoms with E-state index in [0.29, 0.717) is 44.5 Å². The van der Waals surface area contributed by atoms with Gasteiger partial charge in [0.05, 0.1) is 28.2 Å². The maximum atomic E-state index is 14.6. The van der Waals surface area contributed by atoms with Crippen LogP contribution >= 0.6 is 0 Å². The predicted molar refractivity (Wildman–Crippen MR) is 123 cm³/mol. The summed E-state index contributed by atoms with van der Waals surface area (Å²) in [6.07, 6.45) is 2.89. The molecular weight excluding hydrogens is 451 g/mol. The van der Waals surface area contributed by atoms with E-state index in [1.54, 1.807) is 6.07 Å². The van der Waals surface area contributed by atoms with E-state index in [9.17, 15) is 24.2 Å². The van der Waals surface area contributed by atoms with Gasteiger partial charge in [0.1, 0.15) is 11.9 Å². The van der Waals surface area contributed by atoms with Crippen molar-refractivity contribution in [3.8, 4) is 11.5 Å². The standard InChI is InChI=1S/C27H25FN2O5/c1-2-11-29-12-10-26-21-14-6-7-18(31)22(21)35-23(26)17(8-9-27(26,34)19(29)13-14)30-24(32)15-4-3-5-16(28)20(15)25(30)33/h2-7,17,19,23,31,34H,1,8-13H2/t17-,19-,23+,26+,27?/m1/s1. The minimum absolute atomic E-state index is 0.0194. The third-order valence-corrected chi connectivity index (χ3v) is 9.13. The summed E-state index contributed by atoms with van der Waals surface area (Å²) in [5, 5.41) is 23.2. The molecular formula is C27H25FN2O5. The van der Waals surface area contributed by atoms with Gasteiger partial charge in [0.25, 0.3) is 11.8 Å². The molecule has 2 fully saturated rings. The van der Waals surface area contributed by atoms with Crippen LogP contribution in [0.5, 0.6) is 11.5 Å². The van der Waals surface area contributed by atoms with Crippen LogP contribution in [0.1, 0.15) is 51.1 Å². The van der Waals surface area contributed by atoms with Crippen molar-refractivity contribution < 1.29 is 28.9 Å². The molecule has 2 aliphatic carbocycles. The lowest BCUT2D eigenvalue weighted by molar-refractivity contribution is -0.194. The number of benzene rings is 2. The molecule has 7 rings (SSSR count). The van der Waals surface area contributed by atoms with Gasteiger partial charge in [0.15, 0.2) is 11.5 Å². The van der Waals surface area contributed by atoms with E-state index < -0.39 is 40.8 Å². The Bertz CT molecular complexity index is 1340. The Morgan fingerprint density at radius 2 is 2.03 bits per heavy atom. The first-order valence-electron chi connectivity index (χ1n) is 12.1. The normalized spacial score (nSPS) is 34.5. The minimum Gasteiger partial charge on any atom is -0.504 e. The topological polar surface area (TPSA) is 90.3 Å². The number of carbonyl (C=O) groups is 2. The van der Waals surface area contributed by atoms with E-state index in [-0.39, 0.29) is 22.9 Å². The van der Waals surface area contributed by atoms with E-state index in [2.05, 4.69) is 11.5 Å². The summed E-state index contributed by atoms with van der Waals surface area (Å²) in [7, 11) is 0. The highest BCUT2D eigenvalue weighted by Gasteiger charge is 2.74. The van der Waals surface area contributed by atoms with Gasteiger partial charge in [-0.15, -0.1) is 6.58 Å². The first-order chi connectivity index (χ1) is 16.8. The maximum Gasteiger partial charge on any atom is 0.264 e. The number of hydrogen-bond donors (Lipinski definition) is 2. The summed E-state index contributed by atoms with van der Waals surface area (Å²) >= 11 is 0. The molecule has 1 unspecified atom stereocenters. The Morgan fingerprint density at radius 1 is 1.20 bits per heavy atom. The second kappa shape index (κ2) is 6.71. The average Bonchev–Trinajstić information content (AvgIpc) is 3.31. The molecule has 5 atom stereocenters. The Balaban J connectivity index is 1.40. The van der Waals surface area contributed by atoms with E-state index in [0.717, 1.165) is 16.0 Å². The quantitative estimate of drug-likeness (QED) is 0.523. The molecule has 3 heterocycles. The van der Waals surface area contributed by atoms with Gasteiger partial charge in [0.2, 0.25) is 0 Å². The number of halogens is 1. The number of hydrogen-bond acceptors (Lipinski definition) is 6. The number of phenols is 1. The summed E-state index contributed by atoms with van der Waals surface area (Å²) in [6, 6.07) is 6.66. The number of carbonyl (C=O) groups excluding carboxylic acids is 2.